The SMILES string of the molecule is CCOC(=O)c1ccnc(Nc2c(C)cccc2C)c1N. The summed E-state index contributed by atoms with van der Waals surface area (Å²) in [6.45, 7) is 6.06. The highest BCUT2D eigenvalue weighted by Gasteiger charge is 2.15. The highest BCUT2D eigenvalue weighted by Crippen LogP contribution is 2.28. The summed E-state index contributed by atoms with van der Waals surface area (Å²) in [6, 6.07) is 7.55. The third-order valence-electron chi connectivity index (χ3n) is 3.21. The molecule has 1 heterocycles. The molecule has 0 aliphatic heterocycles. The number of nitrogens with zero attached hydrogens (tertiary/aromatic N) is 1. The number of para-hydroxylation sites is 1. The first-order chi connectivity index (χ1) is 10.0. The molecule has 0 aliphatic carbocycles. The maximum absolute atomic E-state index is 11.8. The number of nitrogen functional groups attached to an aromatic ring is 1. The van der Waals surface area contributed by atoms with Crippen molar-refractivity contribution in [1.82, 2.24) is 4.98 Å². The molecule has 0 bridgehead atoms. The van der Waals surface area contributed by atoms with Gasteiger partial charge in [-0.2, -0.15) is 0 Å². The van der Waals surface area contributed by atoms with Gasteiger partial charge in [-0.1, -0.05) is 18.2 Å². The van der Waals surface area contributed by atoms with E-state index in [1.165, 1.54) is 0 Å². The number of hydrogen-bond acceptors (Lipinski definition) is 5. The second kappa shape index (κ2) is 6.26. The lowest BCUT2D eigenvalue weighted by atomic mass is 10.1. The van der Waals surface area contributed by atoms with Crippen LogP contribution in [0.15, 0.2) is 30.5 Å². The lowest BCUT2D eigenvalue weighted by molar-refractivity contribution is 0.0527. The first kappa shape index (κ1) is 14.8. The number of anilines is 3. The van der Waals surface area contributed by atoms with Crippen LogP contribution in [0.1, 0.15) is 28.4 Å². The molecule has 0 spiro atoms. The van der Waals surface area contributed by atoms with Crippen molar-refractivity contribution in [2.45, 2.75) is 20.8 Å². The first-order valence-corrected chi connectivity index (χ1v) is 6.79. The van der Waals surface area contributed by atoms with Crippen molar-refractivity contribution in [3.8, 4) is 0 Å². The van der Waals surface area contributed by atoms with Gasteiger partial charge in [-0.15, -0.1) is 0 Å². The molecule has 0 amide bonds. The fraction of sp³-hybridized carbons (Fsp3) is 0.250. The zero-order chi connectivity index (χ0) is 15.4. The van der Waals surface area contributed by atoms with Crippen LogP contribution in [-0.4, -0.2) is 17.6 Å². The first-order valence-electron chi connectivity index (χ1n) is 6.79. The van der Waals surface area contributed by atoms with Gasteiger partial charge in [-0.25, -0.2) is 9.78 Å². The molecule has 0 unspecified atom stereocenters. The number of nitrogens with one attached hydrogen (secondary N) is 1. The number of benzene rings is 1. The third-order valence-corrected chi connectivity index (χ3v) is 3.21. The van der Waals surface area contributed by atoms with Crippen molar-refractivity contribution in [1.29, 1.82) is 0 Å². The molecule has 21 heavy (non-hydrogen) atoms. The van der Waals surface area contributed by atoms with Crippen molar-refractivity contribution in [2.24, 2.45) is 0 Å². The molecular formula is C16H19N3O2. The second-order valence-electron chi connectivity index (χ2n) is 4.73. The smallest absolute Gasteiger partial charge is 0.340 e. The summed E-state index contributed by atoms with van der Waals surface area (Å²) >= 11 is 0. The lowest BCUT2D eigenvalue weighted by Gasteiger charge is -2.14. The summed E-state index contributed by atoms with van der Waals surface area (Å²) in [6.07, 6.45) is 1.54. The van der Waals surface area contributed by atoms with E-state index >= 15 is 0 Å². The molecule has 0 saturated carbocycles. The molecule has 110 valence electrons. The monoisotopic (exact) mass is 285 g/mol. The molecule has 1 aromatic heterocycles. The van der Waals surface area contributed by atoms with Gasteiger partial charge >= 0.3 is 5.97 Å². The normalized spacial score (nSPS) is 10.2. The number of hydrogen-bond donors (Lipinski definition) is 2. The maximum Gasteiger partial charge on any atom is 0.340 e. The molecule has 3 N–H and O–H groups in total. The topological polar surface area (TPSA) is 77.2 Å². The minimum absolute atomic E-state index is 0.290. The second-order valence-corrected chi connectivity index (χ2v) is 4.73. The standard InChI is InChI=1S/C16H19N3O2/c1-4-21-16(20)12-8-9-18-15(13(12)17)19-14-10(2)6-5-7-11(14)3/h5-9H,4,17H2,1-3H3,(H,18,19). The number of rotatable bonds is 4. The number of esters is 1. The van der Waals surface area contributed by atoms with E-state index in [1.54, 1.807) is 19.2 Å². The Morgan fingerprint density at radius 1 is 1.29 bits per heavy atom. The van der Waals surface area contributed by atoms with Crippen LogP contribution in [0.3, 0.4) is 0 Å². The van der Waals surface area contributed by atoms with Crippen molar-refractivity contribution in [2.75, 3.05) is 17.7 Å². The number of ether oxygens (including phenoxy) is 1. The number of aromatic nitrogens is 1. The Morgan fingerprint density at radius 2 is 1.95 bits per heavy atom. The maximum atomic E-state index is 11.8. The van der Waals surface area contributed by atoms with Crippen molar-refractivity contribution >= 4 is 23.2 Å². The predicted molar refractivity (Wildman–Crippen MR) is 83.8 cm³/mol. The molecule has 0 saturated heterocycles. The van der Waals surface area contributed by atoms with Crippen LogP contribution in [0, 0.1) is 13.8 Å². The van der Waals surface area contributed by atoms with Gasteiger partial charge < -0.3 is 15.8 Å². The summed E-state index contributed by atoms with van der Waals surface area (Å²) < 4.78 is 4.99. The fourth-order valence-corrected chi connectivity index (χ4v) is 2.09. The molecule has 0 aliphatic rings. The predicted octanol–water partition coefficient (Wildman–Crippen LogP) is 3.20. The number of aryl methyl sites for hydroxylation is 2. The quantitative estimate of drug-likeness (QED) is 0.843. The zero-order valence-electron chi connectivity index (χ0n) is 12.4. The Kier molecular flexibility index (Phi) is 4.42. The molecule has 1 aromatic carbocycles. The number of nitrogens with two attached hydrogens (primary N) is 1. The van der Waals surface area contributed by atoms with Crippen LogP contribution in [0.5, 0.6) is 0 Å². The van der Waals surface area contributed by atoms with Crippen molar-refractivity contribution in [3.63, 3.8) is 0 Å². The fourth-order valence-electron chi connectivity index (χ4n) is 2.09. The molecule has 0 radical (unpaired) electrons. The van der Waals surface area contributed by atoms with Gasteiger partial charge in [0, 0.05) is 11.9 Å². The van der Waals surface area contributed by atoms with E-state index in [9.17, 15) is 4.79 Å². The highest BCUT2D eigenvalue weighted by atomic mass is 16.5. The number of carbonyl (C=O) groups is 1. The van der Waals surface area contributed by atoms with E-state index in [0.29, 0.717) is 23.7 Å². The van der Waals surface area contributed by atoms with Crippen molar-refractivity contribution in [3.05, 3.63) is 47.2 Å². The van der Waals surface area contributed by atoms with E-state index in [1.807, 2.05) is 32.0 Å². The van der Waals surface area contributed by atoms with Crippen LogP contribution in [0.25, 0.3) is 0 Å². The van der Waals surface area contributed by atoms with Crippen LogP contribution in [-0.2, 0) is 4.74 Å². The Balaban J connectivity index is 2.37. The zero-order valence-corrected chi connectivity index (χ0v) is 12.4. The number of carbonyl (C=O) groups excluding carboxylic acids is 1. The third kappa shape index (κ3) is 3.13. The van der Waals surface area contributed by atoms with E-state index in [2.05, 4.69) is 10.3 Å². The van der Waals surface area contributed by atoms with Gasteiger partial charge in [0.25, 0.3) is 0 Å². The van der Waals surface area contributed by atoms with E-state index in [-0.39, 0.29) is 0 Å². The molecule has 2 rings (SSSR count). The van der Waals surface area contributed by atoms with Gasteiger partial charge in [-0.05, 0) is 38.0 Å². The van der Waals surface area contributed by atoms with Crippen LogP contribution < -0.4 is 11.1 Å². The lowest BCUT2D eigenvalue weighted by Crippen LogP contribution is -2.11. The van der Waals surface area contributed by atoms with Gasteiger partial charge in [0.1, 0.15) is 0 Å². The molecular weight excluding hydrogens is 266 g/mol. The van der Waals surface area contributed by atoms with E-state index in [4.69, 9.17) is 10.5 Å². The molecule has 5 nitrogen and oxygen atoms in total. The Morgan fingerprint density at radius 3 is 2.57 bits per heavy atom. The molecule has 0 fully saturated rings. The minimum Gasteiger partial charge on any atom is -0.462 e. The Bertz CT molecular complexity index is 648. The van der Waals surface area contributed by atoms with E-state index < -0.39 is 5.97 Å². The average Bonchev–Trinajstić information content (AvgIpc) is 2.45. The van der Waals surface area contributed by atoms with Gasteiger partial charge in [0.15, 0.2) is 5.82 Å². The summed E-state index contributed by atoms with van der Waals surface area (Å²) in [5, 5.41) is 3.20. The molecule has 5 heteroatoms. The minimum atomic E-state index is -0.443. The average molecular weight is 285 g/mol. The number of pyridine rings is 1. The van der Waals surface area contributed by atoms with Crippen LogP contribution >= 0.6 is 0 Å². The van der Waals surface area contributed by atoms with Crippen LogP contribution in [0.4, 0.5) is 17.2 Å². The van der Waals surface area contributed by atoms with Crippen molar-refractivity contribution < 1.29 is 9.53 Å². The van der Waals surface area contributed by atoms with Gasteiger partial charge in [0.05, 0.1) is 17.9 Å². The van der Waals surface area contributed by atoms with Gasteiger partial charge in [0.2, 0.25) is 0 Å². The Hall–Kier alpha value is -2.56. The van der Waals surface area contributed by atoms with Crippen LogP contribution in [0.2, 0.25) is 0 Å². The highest BCUT2D eigenvalue weighted by molar-refractivity contribution is 5.98. The molecule has 0 atom stereocenters. The largest absolute Gasteiger partial charge is 0.462 e. The van der Waals surface area contributed by atoms with E-state index in [0.717, 1.165) is 16.8 Å². The Labute approximate surface area is 124 Å². The summed E-state index contributed by atoms with van der Waals surface area (Å²) in [4.78, 5) is 16.1. The summed E-state index contributed by atoms with van der Waals surface area (Å²) in [5.41, 5.74) is 9.75. The summed E-state index contributed by atoms with van der Waals surface area (Å²) in [7, 11) is 0. The van der Waals surface area contributed by atoms with Gasteiger partial charge in [-0.3, -0.25) is 0 Å². The summed E-state index contributed by atoms with van der Waals surface area (Å²) in [5.74, 6) is 0.0138. The molecule has 2 aromatic rings.